The van der Waals surface area contributed by atoms with Gasteiger partial charge in [0.05, 0.1) is 0 Å². The summed E-state index contributed by atoms with van der Waals surface area (Å²) in [6, 6.07) is -0.566. The van der Waals surface area contributed by atoms with Crippen molar-refractivity contribution < 1.29 is 14.4 Å². The van der Waals surface area contributed by atoms with Crippen LogP contribution in [0.15, 0.2) is 0 Å². The van der Waals surface area contributed by atoms with Gasteiger partial charge in [0.2, 0.25) is 0 Å². The van der Waals surface area contributed by atoms with Crippen LogP contribution in [0.2, 0.25) is 0 Å². The Morgan fingerprint density at radius 1 is 1.18 bits per heavy atom. The van der Waals surface area contributed by atoms with E-state index in [0.717, 1.165) is 17.2 Å². The van der Waals surface area contributed by atoms with Crippen LogP contribution < -0.4 is 5.32 Å². The van der Waals surface area contributed by atoms with Gasteiger partial charge in [-0.05, 0) is 18.3 Å². The van der Waals surface area contributed by atoms with E-state index in [1.54, 1.807) is 0 Å². The largest absolute Gasteiger partial charge is 0.331 e. The van der Waals surface area contributed by atoms with Crippen LogP contribution in [-0.4, -0.2) is 29.3 Å². The summed E-state index contributed by atoms with van der Waals surface area (Å²) in [6.45, 7) is 2.63. The highest BCUT2D eigenvalue weighted by Gasteiger charge is 2.36. The number of hydrogen-bond donors (Lipinski definition) is 1. The van der Waals surface area contributed by atoms with E-state index in [-0.39, 0.29) is 0 Å². The van der Waals surface area contributed by atoms with Crippen LogP contribution in [0.5, 0.6) is 0 Å². The first-order valence-corrected chi connectivity index (χ1v) is 6.24. The summed E-state index contributed by atoms with van der Waals surface area (Å²) >= 11 is 0. The van der Waals surface area contributed by atoms with Crippen molar-refractivity contribution >= 4 is 17.8 Å². The minimum atomic E-state index is -0.799. The first kappa shape index (κ1) is 12.1. The number of urea groups is 1. The fourth-order valence-corrected chi connectivity index (χ4v) is 2.57. The third-order valence-corrected chi connectivity index (χ3v) is 3.80. The third-order valence-electron chi connectivity index (χ3n) is 3.80. The minimum absolute atomic E-state index is 0.370. The molecule has 0 spiro atoms. The average molecular weight is 238 g/mol. The predicted octanol–water partition coefficient (Wildman–Crippen LogP) is 1.28. The van der Waals surface area contributed by atoms with Crippen molar-refractivity contribution in [3.8, 4) is 0 Å². The Balaban J connectivity index is 1.80. The van der Waals surface area contributed by atoms with Gasteiger partial charge in [0.25, 0.3) is 0 Å². The molecule has 0 radical (unpaired) electrons. The maximum atomic E-state index is 11.3. The van der Waals surface area contributed by atoms with Crippen LogP contribution in [0.4, 0.5) is 4.79 Å². The van der Waals surface area contributed by atoms with E-state index in [2.05, 4.69) is 6.92 Å². The molecule has 0 aromatic heterocycles. The zero-order valence-electron chi connectivity index (χ0n) is 10.1. The molecule has 0 atom stereocenters. The average Bonchev–Trinajstić information content (AvgIpc) is 2.54. The highest BCUT2D eigenvalue weighted by atomic mass is 16.2. The van der Waals surface area contributed by atoms with E-state index in [0.29, 0.717) is 12.5 Å². The Hall–Kier alpha value is -1.39. The van der Waals surface area contributed by atoms with Crippen molar-refractivity contribution in [2.24, 2.45) is 11.8 Å². The van der Waals surface area contributed by atoms with E-state index in [1.165, 1.54) is 25.7 Å². The number of carbonyl (C=O) groups is 3. The Kier molecular flexibility index (Phi) is 3.45. The summed E-state index contributed by atoms with van der Waals surface area (Å²) in [5.41, 5.74) is 0. The van der Waals surface area contributed by atoms with E-state index in [1.807, 2.05) is 5.32 Å². The highest BCUT2D eigenvalue weighted by Crippen LogP contribution is 2.30. The summed E-state index contributed by atoms with van der Waals surface area (Å²) < 4.78 is 0. The fraction of sp³-hybridized carbons (Fsp3) is 0.750. The van der Waals surface area contributed by atoms with Crippen LogP contribution in [0, 0.1) is 11.8 Å². The van der Waals surface area contributed by atoms with Gasteiger partial charge in [0.15, 0.2) is 0 Å². The van der Waals surface area contributed by atoms with Crippen LogP contribution in [0.1, 0.15) is 39.0 Å². The molecule has 0 bridgehead atoms. The summed E-state index contributed by atoms with van der Waals surface area (Å²) in [4.78, 5) is 34.6. The molecule has 1 N–H and O–H groups in total. The van der Waals surface area contributed by atoms with E-state index < -0.39 is 17.8 Å². The normalized spacial score (nSPS) is 29.7. The molecule has 5 heteroatoms. The van der Waals surface area contributed by atoms with E-state index in [9.17, 15) is 14.4 Å². The monoisotopic (exact) mass is 238 g/mol. The summed E-state index contributed by atoms with van der Waals surface area (Å²) in [7, 11) is 0. The second-order valence-corrected chi connectivity index (χ2v) is 5.13. The highest BCUT2D eigenvalue weighted by molar-refractivity contribution is 6.44. The second-order valence-electron chi connectivity index (χ2n) is 5.13. The maximum Gasteiger partial charge on any atom is 0.331 e. The summed E-state index contributed by atoms with van der Waals surface area (Å²) in [5, 5.41) is 2.01. The molecule has 1 aliphatic heterocycles. The van der Waals surface area contributed by atoms with E-state index >= 15 is 0 Å². The van der Waals surface area contributed by atoms with Crippen molar-refractivity contribution in [2.45, 2.75) is 39.0 Å². The standard InChI is InChI=1S/C12H18N2O3/c1-8-2-4-9(5-3-8)6-7-14-11(16)10(15)13-12(14)17/h8-9H,2-7H2,1H3,(H,13,15,17). The molecule has 0 aromatic rings. The first-order valence-electron chi connectivity index (χ1n) is 6.24. The number of carbonyl (C=O) groups excluding carboxylic acids is 3. The number of amides is 4. The topological polar surface area (TPSA) is 66.5 Å². The molecule has 1 saturated heterocycles. The lowest BCUT2D eigenvalue weighted by Gasteiger charge is -2.26. The number of rotatable bonds is 3. The molecule has 2 aliphatic rings. The minimum Gasteiger partial charge on any atom is -0.269 e. The first-order chi connectivity index (χ1) is 8.08. The van der Waals surface area contributed by atoms with Gasteiger partial charge in [-0.1, -0.05) is 32.6 Å². The molecule has 0 unspecified atom stereocenters. The van der Waals surface area contributed by atoms with Gasteiger partial charge in [-0.15, -0.1) is 0 Å². The number of hydrogen-bond acceptors (Lipinski definition) is 3. The molecule has 2 rings (SSSR count). The molecule has 17 heavy (non-hydrogen) atoms. The predicted molar refractivity (Wildman–Crippen MR) is 61.0 cm³/mol. The third kappa shape index (κ3) is 2.65. The SMILES string of the molecule is CC1CCC(CCN2C(=O)NC(=O)C2=O)CC1. The van der Waals surface area contributed by atoms with Gasteiger partial charge in [-0.3, -0.25) is 19.8 Å². The lowest BCUT2D eigenvalue weighted by molar-refractivity contribution is -0.140. The molecule has 0 aromatic carbocycles. The molecule has 1 heterocycles. The molecule has 2 fully saturated rings. The van der Waals surface area contributed by atoms with Gasteiger partial charge in [-0.25, -0.2) is 4.79 Å². The van der Waals surface area contributed by atoms with Crippen LogP contribution in [0.25, 0.3) is 0 Å². The van der Waals surface area contributed by atoms with Crippen LogP contribution >= 0.6 is 0 Å². The number of nitrogens with one attached hydrogen (secondary N) is 1. The van der Waals surface area contributed by atoms with Crippen molar-refractivity contribution in [1.82, 2.24) is 10.2 Å². The molecule has 4 amide bonds. The molecule has 94 valence electrons. The van der Waals surface area contributed by atoms with Crippen molar-refractivity contribution in [3.63, 3.8) is 0 Å². The van der Waals surface area contributed by atoms with Gasteiger partial charge < -0.3 is 0 Å². The molecule has 1 saturated carbocycles. The lowest BCUT2D eigenvalue weighted by Crippen LogP contribution is -2.33. The fourth-order valence-electron chi connectivity index (χ4n) is 2.57. The van der Waals surface area contributed by atoms with Crippen LogP contribution in [-0.2, 0) is 9.59 Å². The number of imide groups is 2. The van der Waals surface area contributed by atoms with Gasteiger partial charge in [0.1, 0.15) is 0 Å². The van der Waals surface area contributed by atoms with Crippen molar-refractivity contribution in [3.05, 3.63) is 0 Å². The quantitative estimate of drug-likeness (QED) is 0.595. The number of nitrogens with zero attached hydrogens (tertiary/aromatic N) is 1. The zero-order chi connectivity index (χ0) is 12.4. The summed E-state index contributed by atoms with van der Waals surface area (Å²) in [6.07, 6.45) is 5.60. The van der Waals surface area contributed by atoms with Crippen LogP contribution in [0.3, 0.4) is 0 Å². The Morgan fingerprint density at radius 2 is 1.82 bits per heavy atom. The van der Waals surface area contributed by atoms with Gasteiger partial charge in [0, 0.05) is 6.54 Å². The van der Waals surface area contributed by atoms with Crippen molar-refractivity contribution in [1.29, 1.82) is 0 Å². The maximum absolute atomic E-state index is 11.3. The lowest BCUT2D eigenvalue weighted by atomic mass is 9.81. The van der Waals surface area contributed by atoms with E-state index in [4.69, 9.17) is 0 Å². The Bertz CT molecular complexity index is 346. The summed E-state index contributed by atoms with van der Waals surface area (Å²) in [5.74, 6) is -0.126. The molecular weight excluding hydrogens is 220 g/mol. The second kappa shape index (κ2) is 4.85. The Labute approximate surface area is 101 Å². The van der Waals surface area contributed by atoms with Gasteiger partial charge in [-0.2, -0.15) is 0 Å². The molecule has 1 aliphatic carbocycles. The Morgan fingerprint density at radius 3 is 2.35 bits per heavy atom. The molecular formula is C12H18N2O3. The molecule has 5 nitrogen and oxygen atoms in total. The zero-order valence-corrected chi connectivity index (χ0v) is 10.1. The van der Waals surface area contributed by atoms with Gasteiger partial charge >= 0.3 is 17.8 Å². The van der Waals surface area contributed by atoms with Crippen molar-refractivity contribution in [2.75, 3.05) is 6.54 Å². The smallest absolute Gasteiger partial charge is 0.269 e.